The minimum atomic E-state index is -3.39. The second kappa shape index (κ2) is 8.01. The predicted molar refractivity (Wildman–Crippen MR) is 116 cm³/mol. The SMILES string of the molecule is COc1cccc(N2C(=O)CSC23CCN(S(=O)(=O)Cc2ccccc2)CC3)c1. The standard InChI is InChI=1S/C21H24N2O4S2/c1-27-19-9-5-8-18(14-19)23-20(24)15-28-21(23)10-12-22(13-11-21)29(25,26)16-17-6-3-2-4-7-17/h2-9,14H,10-13,15-16H2,1H3. The number of carbonyl (C=O) groups excluding carboxylic acids is 1. The van der Waals surface area contributed by atoms with Crippen molar-refractivity contribution in [3.05, 3.63) is 60.2 Å². The van der Waals surface area contributed by atoms with Crippen molar-refractivity contribution in [2.45, 2.75) is 23.5 Å². The fourth-order valence-electron chi connectivity index (χ4n) is 4.04. The summed E-state index contributed by atoms with van der Waals surface area (Å²) in [5.41, 5.74) is 1.59. The van der Waals surface area contributed by atoms with E-state index in [2.05, 4.69) is 0 Å². The van der Waals surface area contributed by atoms with Crippen LogP contribution in [0.1, 0.15) is 18.4 Å². The quantitative estimate of drug-likeness (QED) is 0.726. The first-order valence-corrected chi connectivity index (χ1v) is 12.2. The Kier molecular flexibility index (Phi) is 5.59. The van der Waals surface area contributed by atoms with Crippen LogP contribution < -0.4 is 9.64 Å². The number of carbonyl (C=O) groups is 1. The van der Waals surface area contributed by atoms with Gasteiger partial charge in [0.15, 0.2) is 0 Å². The number of hydrogen-bond donors (Lipinski definition) is 0. The molecular formula is C21H24N2O4S2. The van der Waals surface area contributed by atoms with Crippen LogP contribution >= 0.6 is 11.8 Å². The van der Waals surface area contributed by atoms with Gasteiger partial charge in [-0.15, -0.1) is 11.8 Å². The van der Waals surface area contributed by atoms with E-state index < -0.39 is 14.9 Å². The molecule has 0 aliphatic carbocycles. The maximum absolute atomic E-state index is 12.9. The smallest absolute Gasteiger partial charge is 0.238 e. The number of hydrogen-bond acceptors (Lipinski definition) is 5. The highest BCUT2D eigenvalue weighted by Gasteiger charge is 2.49. The maximum atomic E-state index is 12.9. The van der Waals surface area contributed by atoms with Gasteiger partial charge >= 0.3 is 0 Å². The Bertz CT molecular complexity index is 987. The van der Waals surface area contributed by atoms with E-state index in [-0.39, 0.29) is 11.7 Å². The van der Waals surface area contributed by atoms with Crippen molar-refractivity contribution in [3.8, 4) is 5.75 Å². The lowest BCUT2D eigenvalue weighted by Gasteiger charge is -2.43. The van der Waals surface area contributed by atoms with E-state index in [0.29, 0.717) is 37.4 Å². The summed E-state index contributed by atoms with van der Waals surface area (Å²) in [6.45, 7) is 0.825. The van der Waals surface area contributed by atoms with Gasteiger partial charge < -0.3 is 4.74 Å². The zero-order chi connectivity index (χ0) is 20.5. The first-order chi connectivity index (χ1) is 13.9. The van der Waals surface area contributed by atoms with E-state index in [9.17, 15) is 13.2 Å². The van der Waals surface area contributed by atoms with Gasteiger partial charge in [0, 0.05) is 24.8 Å². The average molecular weight is 433 g/mol. The van der Waals surface area contributed by atoms with Crippen LogP contribution in [0.2, 0.25) is 0 Å². The van der Waals surface area contributed by atoms with Gasteiger partial charge in [0.1, 0.15) is 5.75 Å². The molecule has 4 rings (SSSR count). The largest absolute Gasteiger partial charge is 0.497 e. The van der Waals surface area contributed by atoms with Gasteiger partial charge in [-0.05, 0) is 30.5 Å². The highest BCUT2D eigenvalue weighted by atomic mass is 32.2. The number of piperidine rings is 1. The van der Waals surface area contributed by atoms with Crippen LogP contribution in [0, 0.1) is 0 Å². The van der Waals surface area contributed by atoms with Crippen LogP contribution in [0.3, 0.4) is 0 Å². The molecule has 1 spiro atoms. The minimum absolute atomic E-state index is 0.00646. The molecule has 0 unspecified atom stereocenters. The molecule has 2 aromatic carbocycles. The summed E-state index contributed by atoms with van der Waals surface area (Å²) >= 11 is 1.62. The number of methoxy groups -OCH3 is 1. The number of benzene rings is 2. The molecular weight excluding hydrogens is 408 g/mol. The van der Waals surface area contributed by atoms with Gasteiger partial charge in [-0.25, -0.2) is 12.7 Å². The van der Waals surface area contributed by atoms with Crippen LogP contribution in [0.25, 0.3) is 0 Å². The molecule has 29 heavy (non-hydrogen) atoms. The predicted octanol–water partition coefficient (Wildman–Crippen LogP) is 3.10. The maximum Gasteiger partial charge on any atom is 0.238 e. The van der Waals surface area contributed by atoms with Crippen molar-refractivity contribution in [1.82, 2.24) is 4.31 Å². The summed E-state index contributed by atoms with van der Waals surface area (Å²) in [4.78, 5) is 14.1. The van der Waals surface area contributed by atoms with Gasteiger partial charge in [-0.3, -0.25) is 9.69 Å². The summed E-state index contributed by atoms with van der Waals surface area (Å²) < 4.78 is 32.6. The van der Waals surface area contributed by atoms with Crippen molar-refractivity contribution >= 4 is 33.4 Å². The average Bonchev–Trinajstić information content (AvgIpc) is 3.04. The summed E-state index contributed by atoms with van der Waals surface area (Å²) in [6.07, 6.45) is 1.21. The molecule has 2 aromatic rings. The molecule has 6 nitrogen and oxygen atoms in total. The lowest BCUT2D eigenvalue weighted by atomic mass is 10.0. The lowest BCUT2D eigenvalue weighted by molar-refractivity contribution is -0.116. The van der Waals surface area contributed by atoms with Crippen molar-refractivity contribution in [2.75, 3.05) is 30.9 Å². The number of thioether (sulfide) groups is 1. The van der Waals surface area contributed by atoms with Crippen LogP contribution in [0.5, 0.6) is 5.75 Å². The normalized spacial score (nSPS) is 19.6. The monoisotopic (exact) mass is 432 g/mol. The van der Waals surface area contributed by atoms with E-state index >= 15 is 0 Å². The first-order valence-electron chi connectivity index (χ1n) is 9.56. The Morgan fingerprint density at radius 3 is 2.48 bits per heavy atom. The molecule has 1 amide bonds. The second-order valence-electron chi connectivity index (χ2n) is 7.31. The summed E-state index contributed by atoms with van der Waals surface area (Å²) in [5.74, 6) is 1.18. The fourth-order valence-corrected chi connectivity index (χ4v) is 6.90. The van der Waals surface area contributed by atoms with Crippen molar-refractivity contribution in [1.29, 1.82) is 0 Å². The molecule has 2 aliphatic rings. The molecule has 2 fully saturated rings. The highest BCUT2D eigenvalue weighted by Crippen LogP contribution is 2.47. The number of nitrogens with zero attached hydrogens (tertiary/aromatic N) is 2. The molecule has 8 heteroatoms. The number of sulfonamides is 1. The van der Waals surface area contributed by atoms with E-state index in [1.807, 2.05) is 59.5 Å². The summed E-state index contributed by atoms with van der Waals surface area (Å²) in [6, 6.07) is 16.7. The third-order valence-corrected chi connectivity index (χ3v) is 8.89. The first kappa shape index (κ1) is 20.3. The minimum Gasteiger partial charge on any atom is -0.497 e. The molecule has 2 heterocycles. The van der Waals surface area contributed by atoms with E-state index in [1.54, 1.807) is 23.2 Å². The topological polar surface area (TPSA) is 66.9 Å². The van der Waals surface area contributed by atoms with Gasteiger partial charge in [0.25, 0.3) is 0 Å². The molecule has 0 aromatic heterocycles. The molecule has 0 N–H and O–H groups in total. The van der Waals surface area contributed by atoms with Crippen LogP contribution in [0.4, 0.5) is 5.69 Å². The van der Waals surface area contributed by atoms with Crippen LogP contribution in [-0.4, -0.2) is 49.5 Å². The van der Waals surface area contributed by atoms with Gasteiger partial charge in [0.05, 0.1) is 23.5 Å². The zero-order valence-electron chi connectivity index (χ0n) is 16.3. The number of rotatable bonds is 5. The molecule has 0 radical (unpaired) electrons. The molecule has 0 bridgehead atoms. The van der Waals surface area contributed by atoms with Crippen molar-refractivity contribution in [3.63, 3.8) is 0 Å². The Morgan fingerprint density at radius 2 is 1.79 bits per heavy atom. The van der Waals surface area contributed by atoms with Gasteiger partial charge in [0.2, 0.25) is 15.9 Å². The lowest BCUT2D eigenvalue weighted by Crippen LogP contribution is -2.53. The fraction of sp³-hybridized carbons (Fsp3) is 0.381. The second-order valence-corrected chi connectivity index (χ2v) is 10.6. The molecule has 0 saturated carbocycles. The number of amides is 1. The molecule has 2 aliphatic heterocycles. The van der Waals surface area contributed by atoms with Gasteiger partial charge in [-0.1, -0.05) is 36.4 Å². The number of anilines is 1. The van der Waals surface area contributed by atoms with Crippen LogP contribution in [-0.2, 0) is 20.6 Å². The third kappa shape index (κ3) is 4.01. The van der Waals surface area contributed by atoms with Crippen molar-refractivity contribution in [2.24, 2.45) is 0 Å². The van der Waals surface area contributed by atoms with Gasteiger partial charge in [-0.2, -0.15) is 0 Å². The van der Waals surface area contributed by atoms with E-state index in [1.165, 1.54) is 0 Å². The summed E-state index contributed by atoms with van der Waals surface area (Å²) in [7, 11) is -1.79. The Labute approximate surface area is 175 Å². The number of ether oxygens (including phenoxy) is 1. The summed E-state index contributed by atoms with van der Waals surface area (Å²) in [5, 5.41) is 0. The van der Waals surface area contributed by atoms with Crippen LogP contribution in [0.15, 0.2) is 54.6 Å². The Balaban J connectivity index is 1.52. The highest BCUT2D eigenvalue weighted by molar-refractivity contribution is 8.02. The Hall–Kier alpha value is -2.03. The zero-order valence-corrected chi connectivity index (χ0v) is 17.9. The Morgan fingerprint density at radius 1 is 1.07 bits per heavy atom. The van der Waals surface area contributed by atoms with Crippen molar-refractivity contribution < 1.29 is 17.9 Å². The van der Waals surface area contributed by atoms with E-state index in [4.69, 9.17) is 4.74 Å². The third-order valence-electron chi connectivity index (χ3n) is 5.52. The van der Waals surface area contributed by atoms with E-state index in [0.717, 1.165) is 11.3 Å². The molecule has 154 valence electrons. The molecule has 0 atom stereocenters. The molecule has 2 saturated heterocycles.